The van der Waals surface area contributed by atoms with Gasteiger partial charge in [0.05, 0.1) is 16.7 Å². The van der Waals surface area contributed by atoms with Gasteiger partial charge in [-0.1, -0.05) is 36.7 Å². The summed E-state index contributed by atoms with van der Waals surface area (Å²) in [6.07, 6.45) is 0.164. The zero-order valence-electron chi connectivity index (χ0n) is 18.2. The van der Waals surface area contributed by atoms with E-state index in [4.69, 9.17) is 22.1 Å². The Morgan fingerprint density at radius 2 is 1.94 bits per heavy atom. The van der Waals surface area contributed by atoms with Crippen LogP contribution in [0.2, 0.25) is 5.02 Å². The lowest BCUT2D eigenvalue weighted by Crippen LogP contribution is -2.49. The van der Waals surface area contributed by atoms with E-state index in [9.17, 15) is 18.0 Å². The maximum absolute atomic E-state index is 13.3. The number of halogens is 4. The molecule has 1 heterocycles. The SMILES string of the molecule is CCC(N)[C@]1(c2cccc(C(F)(F)F)c2)CC[C@H](Oc2cc3cc[nH]c(=O)c3cc2Cl)CC1. The molecule has 4 rings (SSSR count). The summed E-state index contributed by atoms with van der Waals surface area (Å²) >= 11 is 6.38. The number of H-pyrrole nitrogens is 1. The highest BCUT2D eigenvalue weighted by Crippen LogP contribution is 2.45. The molecule has 1 atom stereocenters. The molecular formula is C25H26ClF3N2O2. The van der Waals surface area contributed by atoms with Gasteiger partial charge in [0.25, 0.3) is 5.56 Å². The lowest BCUT2D eigenvalue weighted by Gasteiger charge is -2.44. The fourth-order valence-electron chi connectivity index (χ4n) is 4.95. The summed E-state index contributed by atoms with van der Waals surface area (Å²) in [7, 11) is 0. The highest BCUT2D eigenvalue weighted by atomic mass is 35.5. The van der Waals surface area contributed by atoms with Gasteiger partial charge in [-0.3, -0.25) is 4.79 Å². The van der Waals surface area contributed by atoms with Crippen LogP contribution in [0.5, 0.6) is 5.75 Å². The Morgan fingerprint density at radius 1 is 1.21 bits per heavy atom. The summed E-state index contributed by atoms with van der Waals surface area (Å²) in [4.78, 5) is 14.6. The van der Waals surface area contributed by atoms with Crippen molar-refractivity contribution < 1.29 is 17.9 Å². The number of aromatic amines is 1. The molecule has 0 radical (unpaired) electrons. The number of nitrogens with two attached hydrogens (primary N) is 1. The molecule has 3 N–H and O–H groups in total. The molecule has 3 aromatic rings. The number of rotatable bonds is 5. The highest BCUT2D eigenvalue weighted by Gasteiger charge is 2.43. The van der Waals surface area contributed by atoms with Crippen molar-refractivity contribution in [2.24, 2.45) is 5.73 Å². The molecule has 2 aromatic carbocycles. The van der Waals surface area contributed by atoms with E-state index in [0.717, 1.165) is 11.5 Å². The molecule has 0 bridgehead atoms. The molecular weight excluding hydrogens is 453 g/mol. The van der Waals surface area contributed by atoms with E-state index in [1.54, 1.807) is 30.5 Å². The fourth-order valence-corrected chi connectivity index (χ4v) is 5.16. The van der Waals surface area contributed by atoms with Crippen molar-refractivity contribution in [3.05, 3.63) is 75.2 Å². The van der Waals surface area contributed by atoms with Crippen molar-refractivity contribution in [2.75, 3.05) is 0 Å². The second kappa shape index (κ2) is 9.03. The summed E-state index contributed by atoms with van der Waals surface area (Å²) in [5, 5.41) is 1.55. The van der Waals surface area contributed by atoms with Gasteiger partial charge in [0.2, 0.25) is 0 Å². The number of benzene rings is 2. The summed E-state index contributed by atoms with van der Waals surface area (Å²) in [5.41, 5.74) is 5.71. The number of pyridine rings is 1. The van der Waals surface area contributed by atoms with Gasteiger partial charge in [-0.05, 0) is 67.3 Å². The van der Waals surface area contributed by atoms with Crippen LogP contribution in [0.4, 0.5) is 13.2 Å². The molecule has 0 aliphatic heterocycles. The Morgan fingerprint density at radius 3 is 2.61 bits per heavy atom. The molecule has 1 aliphatic carbocycles. The van der Waals surface area contributed by atoms with Crippen LogP contribution >= 0.6 is 11.6 Å². The van der Waals surface area contributed by atoms with Gasteiger partial charge in [-0.2, -0.15) is 13.2 Å². The predicted octanol–water partition coefficient (Wildman–Crippen LogP) is 6.20. The van der Waals surface area contributed by atoms with E-state index in [1.807, 2.05) is 6.92 Å². The molecule has 1 unspecified atom stereocenters. The molecule has 0 saturated heterocycles. The summed E-state index contributed by atoms with van der Waals surface area (Å²) in [6.45, 7) is 1.96. The van der Waals surface area contributed by atoms with E-state index >= 15 is 0 Å². The number of hydrogen-bond acceptors (Lipinski definition) is 3. The Labute approximate surface area is 194 Å². The van der Waals surface area contributed by atoms with E-state index in [0.29, 0.717) is 53.8 Å². The van der Waals surface area contributed by atoms with Crippen LogP contribution in [0, 0.1) is 0 Å². The Kier molecular flexibility index (Phi) is 6.47. The van der Waals surface area contributed by atoms with Gasteiger partial charge < -0.3 is 15.5 Å². The monoisotopic (exact) mass is 478 g/mol. The highest BCUT2D eigenvalue weighted by molar-refractivity contribution is 6.32. The smallest absolute Gasteiger partial charge is 0.416 e. The zero-order valence-corrected chi connectivity index (χ0v) is 19.0. The molecule has 1 saturated carbocycles. The molecule has 176 valence electrons. The maximum atomic E-state index is 13.3. The number of fused-ring (bicyclic) bond motifs is 1. The molecule has 4 nitrogen and oxygen atoms in total. The summed E-state index contributed by atoms with van der Waals surface area (Å²) in [6, 6.07) is 10.4. The molecule has 1 fully saturated rings. The number of ether oxygens (including phenoxy) is 1. The third-order valence-electron chi connectivity index (χ3n) is 6.86. The first-order valence-electron chi connectivity index (χ1n) is 11.0. The van der Waals surface area contributed by atoms with Crippen molar-refractivity contribution in [3.8, 4) is 5.75 Å². The van der Waals surface area contributed by atoms with Crippen LogP contribution in [-0.2, 0) is 11.6 Å². The van der Waals surface area contributed by atoms with Gasteiger partial charge in [-0.15, -0.1) is 0 Å². The number of nitrogens with one attached hydrogen (secondary N) is 1. The average molecular weight is 479 g/mol. The first-order valence-corrected chi connectivity index (χ1v) is 11.4. The van der Waals surface area contributed by atoms with Crippen molar-refractivity contribution in [2.45, 2.75) is 62.8 Å². The largest absolute Gasteiger partial charge is 0.489 e. The fraction of sp³-hybridized carbons (Fsp3) is 0.400. The van der Waals surface area contributed by atoms with Crippen molar-refractivity contribution in [3.63, 3.8) is 0 Å². The molecule has 33 heavy (non-hydrogen) atoms. The zero-order chi connectivity index (χ0) is 23.8. The van der Waals surface area contributed by atoms with Crippen LogP contribution in [0.15, 0.2) is 53.5 Å². The Bertz CT molecular complexity index is 1200. The third kappa shape index (κ3) is 4.62. The Balaban J connectivity index is 1.57. The van der Waals surface area contributed by atoms with Crippen molar-refractivity contribution in [1.29, 1.82) is 0 Å². The minimum Gasteiger partial charge on any atom is -0.489 e. The first-order chi connectivity index (χ1) is 15.6. The normalized spacial score (nSPS) is 22.3. The van der Waals surface area contributed by atoms with Gasteiger partial charge in [0.1, 0.15) is 5.75 Å². The number of hydrogen-bond donors (Lipinski definition) is 2. The maximum Gasteiger partial charge on any atom is 0.416 e. The van der Waals surface area contributed by atoms with Crippen LogP contribution in [0.1, 0.15) is 50.2 Å². The molecule has 0 amide bonds. The molecule has 1 aliphatic rings. The lowest BCUT2D eigenvalue weighted by molar-refractivity contribution is -0.137. The minimum absolute atomic E-state index is 0.148. The van der Waals surface area contributed by atoms with Crippen LogP contribution in [0.25, 0.3) is 10.8 Å². The standard InChI is InChI=1S/C25H26ClF3N2O2/c1-2-22(30)24(16-4-3-5-17(13-16)25(27,28)29)9-6-18(7-10-24)33-21-12-15-8-11-31-23(32)19(15)14-20(21)26/h3-5,8,11-14,18,22H,2,6-7,9-10,30H2,1H3,(H,31,32)/t18-,22?,24+. The van der Waals surface area contributed by atoms with Gasteiger partial charge in [-0.25, -0.2) is 0 Å². The summed E-state index contributed by atoms with van der Waals surface area (Å²) < 4.78 is 46.2. The number of alkyl halides is 3. The third-order valence-corrected chi connectivity index (χ3v) is 7.15. The topological polar surface area (TPSA) is 68.1 Å². The minimum atomic E-state index is -4.40. The Hall–Kier alpha value is -2.51. The second-order valence-corrected chi connectivity index (χ2v) is 9.15. The molecule has 1 aromatic heterocycles. The quantitative estimate of drug-likeness (QED) is 0.459. The van der Waals surface area contributed by atoms with Crippen LogP contribution < -0.4 is 16.0 Å². The predicted molar refractivity (Wildman–Crippen MR) is 124 cm³/mol. The van der Waals surface area contributed by atoms with E-state index in [1.165, 1.54) is 12.1 Å². The van der Waals surface area contributed by atoms with Crippen molar-refractivity contribution in [1.82, 2.24) is 4.98 Å². The van der Waals surface area contributed by atoms with Gasteiger partial charge in [0.15, 0.2) is 0 Å². The lowest BCUT2D eigenvalue weighted by atomic mass is 9.63. The van der Waals surface area contributed by atoms with Gasteiger partial charge >= 0.3 is 6.18 Å². The van der Waals surface area contributed by atoms with E-state index in [-0.39, 0.29) is 17.7 Å². The second-order valence-electron chi connectivity index (χ2n) is 8.74. The van der Waals surface area contributed by atoms with Crippen LogP contribution in [-0.4, -0.2) is 17.1 Å². The van der Waals surface area contributed by atoms with E-state index < -0.39 is 17.2 Å². The van der Waals surface area contributed by atoms with E-state index in [2.05, 4.69) is 4.98 Å². The van der Waals surface area contributed by atoms with Crippen LogP contribution in [0.3, 0.4) is 0 Å². The molecule has 8 heteroatoms. The first kappa shape index (κ1) is 23.6. The van der Waals surface area contributed by atoms with Crippen molar-refractivity contribution >= 4 is 22.4 Å². The summed E-state index contributed by atoms with van der Waals surface area (Å²) in [5.74, 6) is 0.492. The molecule has 0 spiro atoms. The number of aromatic nitrogens is 1. The van der Waals surface area contributed by atoms with Gasteiger partial charge in [0, 0.05) is 23.0 Å². The average Bonchev–Trinajstić information content (AvgIpc) is 2.80.